The zero-order valence-corrected chi connectivity index (χ0v) is 14.5. The molecule has 0 aliphatic rings. The van der Waals surface area contributed by atoms with Crippen LogP contribution in [0.4, 0.5) is 34.9 Å². The van der Waals surface area contributed by atoms with Crippen LogP contribution >= 0.6 is 11.6 Å². The highest BCUT2D eigenvalue weighted by Crippen LogP contribution is 2.21. The molecule has 0 atom stereocenters. The van der Waals surface area contributed by atoms with Gasteiger partial charge in [0.15, 0.2) is 0 Å². The van der Waals surface area contributed by atoms with Crippen LogP contribution in [-0.2, 0) is 0 Å². The van der Waals surface area contributed by atoms with E-state index in [1.54, 1.807) is 24.3 Å². The predicted octanol–water partition coefficient (Wildman–Crippen LogP) is 3.00. The van der Waals surface area contributed by atoms with Crippen molar-refractivity contribution in [1.82, 2.24) is 15.0 Å². The average Bonchev–Trinajstić information content (AvgIpc) is 2.62. The van der Waals surface area contributed by atoms with Crippen LogP contribution in [0, 0.1) is 0 Å². The Morgan fingerprint density at radius 2 is 1.54 bits per heavy atom. The number of rotatable bonds is 7. The Hall–Kier alpha value is -3.10. The maximum Gasteiger partial charge on any atom is 0.233 e. The van der Waals surface area contributed by atoms with Crippen molar-refractivity contribution in [2.24, 2.45) is 0 Å². The van der Waals surface area contributed by atoms with Crippen LogP contribution in [-0.4, -0.2) is 33.2 Å². The number of hydrogen-bond acceptors (Lipinski definition) is 8. The van der Waals surface area contributed by atoms with Gasteiger partial charge >= 0.3 is 0 Å². The van der Waals surface area contributed by atoms with Gasteiger partial charge < -0.3 is 26.8 Å². The number of benzene rings is 2. The number of nitrogen functional groups attached to an aromatic ring is 1. The molecule has 0 aliphatic carbocycles. The van der Waals surface area contributed by atoms with Crippen molar-refractivity contribution in [3.05, 3.63) is 53.6 Å². The molecule has 0 fully saturated rings. The summed E-state index contributed by atoms with van der Waals surface area (Å²) >= 11 is 5.90. The standard InChI is InChI=1S/C17H18ClN7O/c18-11-4-6-13(7-5-11)21-16-23-15(20-8-9-26)24-17(25-16)22-14-3-1-2-12(19)10-14/h1-7,10,26H,8-9,19H2,(H3,20,21,22,23,24,25). The fraction of sp³-hybridized carbons (Fsp3) is 0.118. The molecule has 8 nitrogen and oxygen atoms in total. The molecule has 6 N–H and O–H groups in total. The van der Waals surface area contributed by atoms with Gasteiger partial charge in [0.25, 0.3) is 0 Å². The first kappa shape index (κ1) is 17.7. The van der Waals surface area contributed by atoms with Crippen LogP contribution in [0.3, 0.4) is 0 Å². The SMILES string of the molecule is Nc1cccc(Nc2nc(NCCO)nc(Nc3ccc(Cl)cc3)n2)c1. The molecule has 9 heteroatoms. The van der Waals surface area contributed by atoms with E-state index in [0.717, 1.165) is 11.4 Å². The van der Waals surface area contributed by atoms with Crippen LogP contribution in [0.1, 0.15) is 0 Å². The Balaban J connectivity index is 1.86. The molecule has 134 valence electrons. The van der Waals surface area contributed by atoms with Crippen molar-refractivity contribution in [2.75, 3.05) is 34.8 Å². The molecule has 0 bridgehead atoms. The highest BCUT2D eigenvalue weighted by molar-refractivity contribution is 6.30. The first-order valence-electron chi connectivity index (χ1n) is 7.88. The average molecular weight is 372 g/mol. The molecular formula is C17H18ClN7O. The molecule has 3 rings (SSSR count). The van der Waals surface area contributed by atoms with Gasteiger partial charge in [0.05, 0.1) is 6.61 Å². The molecule has 1 heterocycles. The van der Waals surface area contributed by atoms with Crippen molar-refractivity contribution < 1.29 is 5.11 Å². The maximum absolute atomic E-state index is 9.00. The van der Waals surface area contributed by atoms with Gasteiger partial charge in [-0.3, -0.25) is 0 Å². The van der Waals surface area contributed by atoms with E-state index in [0.29, 0.717) is 35.1 Å². The quantitative estimate of drug-likeness (QED) is 0.402. The van der Waals surface area contributed by atoms with Gasteiger partial charge in [-0.15, -0.1) is 0 Å². The number of aliphatic hydroxyl groups is 1. The topological polar surface area (TPSA) is 121 Å². The minimum absolute atomic E-state index is 0.0381. The molecule has 0 saturated carbocycles. The van der Waals surface area contributed by atoms with Crippen molar-refractivity contribution in [3.63, 3.8) is 0 Å². The lowest BCUT2D eigenvalue weighted by atomic mass is 10.3. The number of halogens is 1. The fourth-order valence-corrected chi connectivity index (χ4v) is 2.27. The molecular weight excluding hydrogens is 354 g/mol. The molecule has 1 aromatic heterocycles. The van der Waals surface area contributed by atoms with E-state index in [1.165, 1.54) is 0 Å². The molecule has 0 radical (unpaired) electrons. The van der Waals surface area contributed by atoms with E-state index < -0.39 is 0 Å². The first-order valence-corrected chi connectivity index (χ1v) is 8.26. The van der Waals surface area contributed by atoms with Gasteiger partial charge in [-0.05, 0) is 42.5 Å². The van der Waals surface area contributed by atoms with E-state index in [-0.39, 0.29) is 6.61 Å². The third-order valence-corrected chi connectivity index (χ3v) is 3.53. The van der Waals surface area contributed by atoms with Gasteiger partial charge in [0, 0.05) is 28.6 Å². The van der Waals surface area contributed by atoms with E-state index in [9.17, 15) is 0 Å². The Morgan fingerprint density at radius 1 is 0.885 bits per heavy atom. The normalized spacial score (nSPS) is 10.4. The predicted molar refractivity (Wildman–Crippen MR) is 104 cm³/mol. The minimum Gasteiger partial charge on any atom is -0.399 e. The number of hydrogen-bond donors (Lipinski definition) is 5. The van der Waals surface area contributed by atoms with Crippen LogP contribution in [0.5, 0.6) is 0 Å². The Morgan fingerprint density at radius 3 is 2.19 bits per heavy atom. The van der Waals surface area contributed by atoms with Gasteiger partial charge in [0.1, 0.15) is 0 Å². The highest BCUT2D eigenvalue weighted by Gasteiger charge is 2.08. The smallest absolute Gasteiger partial charge is 0.233 e. The summed E-state index contributed by atoms with van der Waals surface area (Å²) in [5.41, 5.74) is 7.96. The maximum atomic E-state index is 9.00. The van der Waals surface area contributed by atoms with Crippen LogP contribution in [0.2, 0.25) is 5.02 Å². The van der Waals surface area contributed by atoms with Crippen molar-refractivity contribution >= 4 is 46.5 Å². The van der Waals surface area contributed by atoms with Crippen molar-refractivity contribution in [1.29, 1.82) is 0 Å². The zero-order valence-electron chi connectivity index (χ0n) is 13.8. The number of aromatic nitrogens is 3. The third-order valence-electron chi connectivity index (χ3n) is 3.27. The van der Waals surface area contributed by atoms with Crippen LogP contribution in [0.25, 0.3) is 0 Å². The van der Waals surface area contributed by atoms with E-state index in [4.69, 9.17) is 22.4 Å². The summed E-state index contributed by atoms with van der Waals surface area (Å²) in [6.45, 7) is 0.283. The summed E-state index contributed by atoms with van der Waals surface area (Å²) in [5, 5.41) is 18.8. The monoisotopic (exact) mass is 371 g/mol. The van der Waals surface area contributed by atoms with Crippen LogP contribution < -0.4 is 21.7 Å². The van der Waals surface area contributed by atoms with Gasteiger partial charge in [-0.25, -0.2) is 0 Å². The summed E-state index contributed by atoms with van der Waals surface area (Å²) in [7, 11) is 0. The summed E-state index contributed by atoms with van der Waals surface area (Å²) in [6.07, 6.45) is 0. The zero-order chi connectivity index (χ0) is 18.4. The molecule has 2 aromatic carbocycles. The molecule has 0 saturated heterocycles. The number of anilines is 6. The second kappa shape index (κ2) is 8.32. The first-order chi connectivity index (χ1) is 12.6. The fourth-order valence-electron chi connectivity index (χ4n) is 2.14. The molecule has 26 heavy (non-hydrogen) atoms. The highest BCUT2D eigenvalue weighted by atomic mass is 35.5. The molecule has 0 amide bonds. The van der Waals surface area contributed by atoms with E-state index in [2.05, 4.69) is 30.9 Å². The Bertz CT molecular complexity index is 873. The summed E-state index contributed by atoms with van der Waals surface area (Å²) in [5.74, 6) is 1.01. The molecule has 3 aromatic rings. The largest absolute Gasteiger partial charge is 0.399 e. The second-order valence-electron chi connectivity index (χ2n) is 5.34. The minimum atomic E-state index is -0.0381. The summed E-state index contributed by atoms with van der Waals surface area (Å²) < 4.78 is 0. The van der Waals surface area contributed by atoms with Crippen molar-refractivity contribution in [2.45, 2.75) is 0 Å². The number of nitrogens with one attached hydrogen (secondary N) is 3. The lowest BCUT2D eigenvalue weighted by Crippen LogP contribution is -2.12. The molecule has 0 spiro atoms. The van der Waals surface area contributed by atoms with Crippen LogP contribution in [0.15, 0.2) is 48.5 Å². The summed E-state index contributed by atoms with van der Waals surface area (Å²) in [4.78, 5) is 13.0. The van der Waals surface area contributed by atoms with Gasteiger partial charge in [-0.1, -0.05) is 17.7 Å². The summed E-state index contributed by atoms with van der Waals surface area (Å²) in [6, 6.07) is 14.4. The Labute approximate surface area is 155 Å². The number of nitrogens with zero attached hydrogens (tertiary/aromatic N) is 3. The second-order valence-corrected chi connectivity index (χ2v) is 5.78. The molecule has 0 unspecified atom stereocenters. The lowest BCUT2D eigenvalue weighted by molar-refractivity contribution is 0.311. The molecule has 0 aliphatic heterocycles. The van der Waals surface area contributed by atoms with Gasteiger partial charge in [-0.2, -0.15) is 15.0 Å². The van der Waals surface area contributed by atoms with E-state index in [1.807, 2.05) is 24.3 Å². The number of nitrogens with two attached hydrogens (primary N) is 1. The van der Waals surface area contributed by atoms with Crippen molar-refractivity contribution in [3.8, 4) is 0 Å². The lowest BCUT2D eigenvalue weighted by Gasteiger charge is -2.11. The Kier molecular flexibility index (Phi) is 5.67. The number of aliphatic hydroxyl groups excluding tert-OH is 1. The third kappa shape index (κ3) is 4.95. The van der Waals surface area contributed by atoms with Gasteiger partial charge in [0.2, 0.25) is 17.8 Å². The van der Waals surface area contributed by atoms with E-state index >= 15 is 0 Å².